The Morgan fingerprint density at radius 3 is 2.44 bits per heavy atom. The summed E-state index contributed by atoms with van der Waals surface area (Å²) in [5, 5.41) is 2.85. The lowest BCUT2D eigenvalue weighted by atomic mass is 9.92. The van der Waals surface area contributed by atoms with Gasteiger partial charge in [-0.05, 0) is 30.0 Å². The van der Waals surface area contributed by atoms with Crippen molar-refractivity contribution in [3.63, 3.8) is 0 Å². The number of benzene rings is 1. The molecule has 3 nitrogen and oxygen atoms in total. The fourth-order valence-corrected chi connectivity index (χ4v) is 2.11. The molecule has 0 saturated heterocycles. The number of rotatable bonds is 2. The topological polar surface area (TPSA) is 55.1 Å². The third kappa shape index (κ3) is 5.27. The molecule has 0 aromatic heterocycles. The van der Waals surface area contributed by atoms with Gasteiger partial charge in [-0.3, -0.25) is 4.79 Å². The Morgan fingerprint density at radius 2 is 1.94 bits per heavy atom. The second kappa shape index (κ2) is 6.43. The Hall–Kier alpha value is -0.740. The van der Waals surface area contributed by atoms with E-state index in [0.717, 1.165) is 10.0 Å². The first-order chi connectivity index (χ1) is 7.69. The number of aryl methyl sites for hydroxylation is 1. The molecule has 3 N–H and O–H groups in total. The van der Waals surface area contributed by atoms with E-state index in [1.807, 2.05) is 39.8 Å². The van der Waals surface area contributed by atoms with Crippen molar-refractivity contribution in [3.05, 3.63) is 22.2 Å². The van der Waals surface area contributed by atoms with Crippen LogP contribution in [0, 0.1) is 12.3 Å². The summed E-state index contributed by atoms with van der Waals surface area (Å²) < 4.78 is 0.912. The summed E-state index contributed by atoms with van der Waals surface area (Å²) in [5.41, 5.74) is 8.14. The van der Waals surface area contributed by atoms with Crippen molar-refractivity contribution < 1.29 is 4.79 Å². The maximum Gasteiger partial charge on any atom is 0.224 e. The standard InChI is InChI=1S/C13H19BrN2O.ClH/c1-8-5-9(14)6-10(12(8)15)16-11(17)7-13(2,3)4;/h5-6H,7,15H2,1-4H3,(H,16,17);1H. The number of hydrogen-bond acceptors (Lipinski definition) is 2. The van der Waals surface area contributed by atoms with E-state index in [-0.39, 0.29) is 23.7 Å². The molecule has 0 atom stereocenters. The molecule has 0 unspecified atom stereocenters. The van der Waals surface area contributed by atoms with E-state index in [1.54, 1.807) is 0 Å². The molecule has 0 saturated carbocycles. The van der Waals surface area contributed by atoms with Crippen LogP contribution >= 0.6 is 28.3 Å². The van der Waals surface area contributed by atoms with Crippen LogP contribution in [0.5, 0.6) is 0 Å². The van der Waals surface area contributed by atoms with Gasteiger partial charge in [-0.15, -0.1) is 12.4 Å². The van der Waals surface area contributed by atoms with Crippen molar-refractivity contribution in [2.24, 2.45) is 5.41 Å². The molecule has 0 aliphatic carbocycles. The van der Waals surface area contributed by atoms with E-state index in [2.05, 4.69) is 21.2 Å². The second-order valence-electron chi connectivity index (χ2n) is 5.47. The maximum absolute atomic E-state index is 11.8. The van der Waals surface area contributed by atoms with E-state index >= 15 is 0 Å². The van der Waals surface area contributed by atoms with Crippen molar-refractivity contribution in [2.75, 3.05) is 11.1 Å². The molecule has 0 aliphatic rings. The van der Waals surface area contributed by atoms with Gasteiger partial charge < -0.3 is 11.1 Å². The van der Waals surface area contributed by atoms with Gasteiger partial charge in [-0.25, -0.2) is 0 Å². The summed E-state index contributed by atoms with van der Waals surface area (Å²) in [6.45, 7) is 8.01. The van der Waals surface area contributed by atoms with Gasteiger partial charge in [-0.1, -0.05) is 36.7 Å². The van der Waals surface area contributed by atoms with Crippen LogP contribution in [0.25, 0.3) is 0 Å². The summed E-state index contributed by atoms with van der Waals surface area (Å²) in [6, 6.07) is 3.75. The SMILES string of the molecule is Cc1cc(Br)cc(NC(=O)CC(C)(C)C)c1N.Cl. The van der Waals surface area contributed by atoms with Crippen molar-refractivity contribution in [3.8, 4) is 0 Å². The van der Waals surface area contributed by atoms with Gasteiger partial charge in [0.1, 0.15) is 0 Å². The van der Waals surface area contributed by atoms with Crippen molar-refractivity contribution in [1.29, 1.82) is 0 Å². The summed E-state index contributed by atoms with van der Waals surface area (Å²) in [7, 11) is 0. The quantitative estimate of drug-likeness (QED) is 0.798. The Labute approximate surface area is 123 Å². The van der Waals surface area contributed by atoms with Crippen molar-refractivity contribution in [1.82, 2.24) is 0 Å². The minimum absolute atomic E-state index is 0. The molecule has 1 amide bonds. The van der Waals surface area contributed by atoms with Crippen LogP contribution in [0.2, 0.25) is 0 Å². The van der Waals surface area contributed by atoms with Gasteiger partial charge in [0.25, 0.3) is 0 Å². The lowest BCUT2D eigenvalue weighted by Gasteiger charge is -2.18. The molecule has 0 bridgehead atoms. The summed E-state index contributed by atoms with van der Waals surface area (Å²) >= 11 is 3.39. The van der Waals surface area contributed by atoms with E-state index in [1.165, 1.54) is 0 Å². The molecule has 0 heterocycles. The van der Waals surface area contributed by atoms with Gasteiger partial charge >= 0.3 is 0 Å². The van der Waals surface area contributed by atoms with E-state index in [4.69, 9.17) is 5.73 Å². The third-order valence-corrected chi connectivity index (χ3v) is 2.77. The van der Waals surface area contributed by atoms with Crippen LogP contribution in [0.15, 0.2) is 16.6 Å². The zero-order valence-electron chi connectivity index (χ0n) is 11.1. The minimum Gasteiger partial charge on any atom is -0.397 e. The lowest BCUT2D eigenvalue weighted by Crippen LogP contribution is -2.20. The number of amides is 1. The van der Waals surface area contributed by atoms with E-state index in [0.29, 0.717) is 17.8 Å². The highest BCUT2D eigenvalue weighted by Crippen LogP contribution is 2.28. The second-order valence-corrected chi connectivity index (χ2v) is 6.39. The molecule has 0 aliphatic heterocycles. The third-order valence-electron chi connectivity index (χ3n) is 2.32. The molecular formula is C13H20BrClN2O. The first-order valence-electron chi connectivity index (χ1n) is 5.54. The number of nitrogen functional groups attached to an aromatic ring is 1. The number of nitrogens with two attached hydrogens (primary N) is 1. The highest BCUT2D eigenvalue weighted by Gasteiger charge is 2.17. The zero-order valence-corrected chi connectivity index (χ0v) is 13.5. The Kier molecular flexibility index (Phi) is 6.17. The van der Waals surface area contributed by atoms with Crippen LogP contribution in [0.3, 0.4) is 0 Å². The van der Waals surface area contributed by atoms with Crippen LogP contribution in [-0.4, -0.2) is 5.91 Å². The molecular weight excluding hydrogens is 316 g/mol. The summed E-state index contributed by atoms with van der Waals surface area (Å²) in [6.07, 6.45) is 0.470. The van der Waals surface area contributed by atoms with E-state index in [9.17, 15) is 4.79 Å². The summed E-state index contributed by atoms with van der Waals surface area (Å²) in [4.78, 5) is 11.8. The highest BCUT2D eigenvalue weighted by atomic mass is 79.9. The van der Waals surface area contributed by atoms with Gasteiger partial charge in [-0.2, -0.15) is 0 Å². The van der Waals surface area contributed by atoms with Crippen molar-refractivity contribution >= 4 is 45.6 Å². The summed E-state index contributed by atoms with van der Waals surface area (Å²) in [5.74, 6) is -0.0123. The number of carbonyl (C=O) groups excluding carboxylic acids is 1. The molecule has 0 fully saturated rings. The van der Waals surface area contributed by atoms with Crippen LogP contribution in [0.1, 0.15) is 32.8 Å². The number of nitrogens with one attached hydrogen (secondary N) is 1. The molecule has 102 valence electrons. The number of anilines is 2. The van der Waals surface area contributed by atoms with Crippen LogP contribution < -0.4 is 11.1 Å². The first kappa shape index (κ1) is 17.3. The maximum atomic E-state index is 11.8. The first-order valence-corrected chi connectivity index (χ1v) is 6.34. The Balaban J connectivity index is 0.00000289. The fourth-order valence-electron chi connectivity index (χ4n) is 1.53. The largest absolute Gasteiger partial charge is 0.397 e. The fraction of sp³-hybridized carbons (Fsp3) is 0.462. The predicted molar refractivity (Wildman–Crippen MR) is 83.2 cm³/mol. The average molecular weight is 336 g/mol. The normalized spacial score (nSPS) is 10.7. The zero-order chi connectivity index (χ0) is 13.2. The Bertz CT molecular complexity index is 441. The average Bonchev–Trinajstić information content (AvgIpc) is 2.10. The number of hydrogen-bond donors (Lipinski definition) is 2. The molecule has 1 aromatic rings. The monoisotopic (exact) mass is 334 g/mol. The minimum atomic E-state index is -0.0279. The molecule has 0 spiro atoms. The molecule has 0 radical (unpaired) electrons. The lowest BCUT2D eigenvalue weighted by molar-refractivity contribution is -0.117. The van der Waals surface area contributed by atoms with Gasteiger partial charge in [0.05, 0.1) is 11.4 Å². The molecule has 1 aromatic carbocycles. The van der Waals surface area contributed by atoms with Crippen molar-refractivity contribution in [2.45, 2.75) is 34.1 Å². The van der Waals surface area contributed by atoms with E-state index < -0.39 is 0 Å². The van der Waals surface area contributed by atoms with Gasteiger partial charge in [0, 0.05) is 10.9 Å². The number of carbonyl (C=O) groups is 1. The predicted octanol–water partition coefficient (Wildman–Crippen LogP) is 4.14. The van der Waals surface area contributed by atoms with Gasteiger partial charge in [0.15, 0.2) is 0 Å². The molecule has 1 rings (SSSR count). The Morgan fingerprint density at radius 1 is 1.39 bits per heavy atom. The van der Waals surface area contributed by atoms with Gasteiger partial charge in [0.2, 0.25) is 5.91 Å². The van der Waals surface area contributed by atoms with Crippen LogP contribution in [0.4, 0.5) is 11.4 Å². The van der Waals surface area contributed by atoms with Crippen LogP contribution in [-0.2, 0) is 4.79 Å². The smallest absolute Gasteiger partial charge is 0.224 e. The molecule has 18 heavy (non-hydrogen) atoms. The molecule has 5 heteroatoms. The number of halogens is 2. The highest BCUT2D eigenvalue weighted by molar-refractivity contribution is 9.10.